The van der Waals surface area contributed by atoms with E-state index in [0.717, 1.165) is 13.1 Å². The Morgan fingerprint density at radius 3 is 2.58 bits per heavy atom. The standard InChI is InChI=1S/C28H37N3O7/c1-3-11-30(13-12-29-14-16-37-17-15-29)25(34)23-28-10-9-27(2,38-28)22(26(35)36)21(28)24(33)31(23)20(18-32)19-7-5-4-6-8-19/h3-8,20-23,32H,1,9-18H2,2H3,(H,35,36)/t20-,21+,22-,23?,27+,28?/m1/s1. The highest BCUT2D eigenvalue weighted by atomic mass is 16.5. The third-order valence-corrected chi connectivity index (χ3v) is 8.86. The van der Waals surface area contributed by atoms with Crippen LogP contribution in [0.4, 0.5) is 0 Å². The number of amides is 2. The van der Waals surface area contributed by atoms with E-state index in [4.69, 9.17) is 9.47 Å². The molecule has 206 valence electrons. The first-order valence-electron chi connectivity index (χ1n) is 13.4. The number of morpholine rings is 1. The van der Waals surface area contributed by atoms with Gasteiger partial charge in [-0.1, -0.05) is 36.4 Å². The van der Waals surface area contributed by atoms with Crippen molar-refractivity contribution in [3.8, 4) is 0 Å². The average molecular weight is 528 g/mol. The van der Waals surface area contributed by atoms with Crippen molar-refractivity contribution in [1.29, 1.82) is 0 Å². The Hall–Kier alpha value is -2.79. The molecule has 2 bridgehead atoms. The fourth-order valence-corrected chi connectivity index (χ4v) is 7.09. The van der Waals surface area contributed by atoms with Gasteiger partial charge in [-0.25, -0.2) is 0 Å². The van der Waals surface area contributed by atoms with Crippen LogP contribution in [0, 0.1) is 11.8 Å². The molecule has 4 fully saturated rings. The molecular formula is C28H37N3O7. The van der Waals surface area contributed by atoms with Crippen molar-refractivity contribution in [3.05, 3.63) is 48.6 Å². The summed E-state index contributed by atoms with van der Waals surface area (Å²) in [6.07, 6.45) is 2.49. The van der Waals surface area contributed by atoms with Crippen molar-refractivity contribution in [2.45, 2.75) is 43.1 Å². The maximum absolute atomic E-state index is 14.5. The SMILES string of the molecule is C=CCN(CCN1CCOCC1)C(=O)C1N([C@H](CO)c2ccccc2)C(=O)[C@@H]2[C@H](C(=O)O)[C@]3(C)CCC12O3. The molecule has 4 heterocycles. The summed E-state index contributed by atoms with van der Waals surface area (Å²) in [5, 5.41) is 20.7. The van der Waals surface area contributed by atoms with E-state index in [2.05, 4.69) is 11.5 Å². The summed E-state index contributed by atoms with van der Waals surface area (Å²) in [7, 11) is 0. The molecule has 4 aliphatic rings. The Bertz CT molecular complexity index is 1080. The Morgan fingerprint density at radius 2 is 1.95 bits per heavy atom. The molecular weight excluding hydrogens is 490 g/mol. The number of likely N-dealkylation sites (tertiary alicyclic amines) is 1. The van der Waals surface area contributed by atoms with Gasteiger partial charge in [0.2, 0.25) is 11.8 Å². The Labute approximate surface area is 222 Å². The third kappa shape index (κ3) is 4.23. The number of aliphatic carboxylic acids is 1. The summed E-state index contributed by atoms with van der Waals surface area (Å²) in [6, 6.07) is 7.18. The van der Waals surface area contributed by atoms with Gasteiger partial charge in [-0.2, -0.15) is 0 Å². The number of benzene rings is 1. The number of nitrogens with zero attached hydrogens (tertiary/aromatic N) is 3. The third-order valence-electron chi connectivity index (χ3n) is 8.86. The summed E-state index contributed by atoms with van der Waals surface area (Å²) in [6.45, 7) is 9.33. The number of rotatable bonds is 10. The van der Waals surface area contributed by atoms with E-state index in [-0.39, 0.29) is 12.5 Å². The van der Waals surface area contributed by atoms with Gasteiger partial charge in [-0.3, -0.25) is 19.3 Å². The molecule has 1 aromatic carbocycles. The molecule has 0 aliphatic carbocycles. The van der Waals surface area contributed by atoms with Crippen LogP contribution in [0.15, 0.2) is 43.0 Å². The van der Waals surface area contributed by atoms with Crippen LogP contribution < -0.4 is 0 Å². The van der Waals surface area contributed by atoms with Gasteiger partial charge in [0.15, 0.2) is 0 Å². The van der Waals surface area contributed by atoms with E-state index in [0.29, 0.717) is 44.7 Å². The van der Waals surface area contributed by atoms with Crippen molar-refractivity contribution in [2.75, 3.05) is 52.5 Å². The van der Waals surface area contributed by atoms with Crippen molar-refractivity contribution in [2.24, 2.45) is 11.8 Å². The fraction of sp³-hybridized carbons (Fsp3) is 0.607. The molecule has 10 heteroatoms. The van der Waals surface area contributed by atoms with Gasteiger partial charge in [-0.05, 0) is 25.3 Å². The normalized spacial score (nSPS) is 33.3. The zero-order valence-electron chi connectivity index (χ0n) is 21.8. The van der Waals surface area contributed by atoms with Gasteiger partial charge in [0.1, 0.15) is 11.6 Å². The predicted octanol–water partition coefficient (Wildman–Crippen LogP) is 0.916. The summed E-state index contributed by atoms with van der Waals surface area (Å²) in [5.41, 5.74) is -1.63. The number of hydrogen-bond acceptors (Lipinski definition) is 7. The van der Waals surface area contributed by atoms with E-state index in [9.17, 15) is 24.6 Å². The zero-order chi connectivity index (χ0) is 27.1. The van der Waals surface area contributed by atoms with E-state index in [1.54, 1.807) is 30.0 Å². The zero-order valence-corrected chi connectivity index (χ0v) is 21.8. The number of fused-ring (bicyclic) bond motifs is 1. The fourth-order valence-electron chi connectivity index (χ4n) is 7.09. The highest BCUT2D eigenvalue weighted by molar-refractivity contribution is 5.98. The lowest BCUT2D eigenvalue weighted by Crippen LogP contribution is -2.58. The first-order valence-corrected chi connectivity index (χ1v) is 13.4. The lowest BCUT2D eigenvalue weighted by atomic mass is 9.66. The molecule has 2 unspecified atom stereocenters. The van der Waals surface area contributed by atoms with Crippen LogP contribution in [-0.4, -0.2) is 112 Å². The molecule has 1 aromatic rings. The van der Waals surface area contributed by atoms with Gasteiger partial charge >= 0.3 is 5.97 Å². The number of hydrogen-bond donors (Lipinski definition) is 2. The van der Waals surface area contributed by atoms with Crippen molar-refractivity contribution >= 4 is 17.8 Å². The van der Waals surface area contributed by atoms with Gasteiger partial charge in [0.25, 0.3) is 0 Å². The highest BCUT2D eigenvalue weighted by Gasteiger charge is 2.79. The molecule has 6 atom stereocenters. The lowest BCUT2D eigenvalue weighted by Gasteiger charge is -2.40. The average Bonchev–Trinajstić information content (AvgIpc) is 3.49. The molecule has 0 aromatic heterocycles. The molecule has 38 heavy (non-hydrogen) atoms. The second-order valence-electron chi connectivity index (χ2n) is 10.9. The van der Waals surface area contributed by atoms with Crippen LogP contribution in [0.25, 0.3) is 0 Å². The largest absolute Gasteiger partial charge is 0.481 e. The summed E-state index contributed by atoms with van der Waals surface area (Å²) in [4.78, 5) is 46.4. The van der Waals surface area contributed by atoms with Gasteiger partial charge < -0.3 is 29.5 Å². The number of aliphatic hydroxyl groups excluding tert-OH is 1. The monoisotopic (exact) mass is 527 g/mol. The van der Waals surface area contributed by atoms with Crippen LogP contribution in [0.2, 0.25) is 0 Å². The lowest BCUT2D eigenvalue weighted by molar-refractivity contribution is -0.158. The number of carboxylic acids is 1. The number of ether oxygens (including phenoxy) is 2. The van der Waals surface area contributed by atoms with Crippen molar-refractivity contribution in [1.82, 2.24) is 14.7 Å². The Kier molecular flexibility index (Phi) is 7.34. The Balaban J connectivity index is 1.54. The molecule has 2 amide bonds. The van der Waals surface area contributed by atoms with E-state index in [1.165, 1.54) is 4.90 Å². The molecule has 4 saturated heterocycles. The van der Waals surface area contributed by atoms with Gasteiger partial charge in [0.05, 0.1) is 43.3 Å². The quantitative estimate of drug-likeness (QED) is 0.431. The van der Waals surface area contributed by atoms with Gasteiger partial charge in [-0.15, -0.1) is 6.58 Å². The molecule has 1 spiro atoms. The van der Waals surface area contributed by atoms with E-state index < -0.39 is 53.6 Å². The van der Waals surface area contributed by atoms with Gasteiger partial charge in [0, 0.05) is 32.7 Å². The number of carbonyl (C=O) groups excluding carboxylic acids is 2. The minimum absolute atomic E-state index is 0.275. The molecule has 5 rings (SSSR count). The molecule has 4 aliphatic heterocycles. The minimum Gasteiger partial charge on any atom is -0.481 e. The maximum atomic E-state index is 14.5. The predicted molar refractivity (Wildman–Crippen MR) is 137 cm³/mol. The summed E-state index contributed by atoms with van der Waals surface area (Å²) < 4.78 is 11.9. The second kappa shape index (κ2) is 10.4. The highest BCUT2D eigenvalue weighted by Crippen LogP contribution is 2.64. The maximum Gasteiger partial charge on any atom is 0.310 e. The van der Waals surface area contributed by atoms with Crippen LogP contribution in [-0.2, 0) is 23.9 Å². The van der Waals surface area contributed by atoms with Crippen LogP contribution in [0.1, 0.15) is 31.4 Å². The number of carbonyl (C=O) groups is 3. The minimum atomic E-state index is -1.27. The number of carboxylic acid groups (broad SMARTS) is 1. The summed E-state index contributed by atoms with van der Waals surface area (Å²) in [5.74, 6) is -3.93. The van der Waals surface area contributed by atoms with Crippen LogP contribution in [0.5, 0.6) is 0 Å². The first-order chi connectivity index (χ1) is 18.3. The number of aliphatic hydroxyl groups is 1. The first kappa shape index (κ1) is 26.8. The Morgan fingerprint density at radius 1 is 1.24 bits per heavy atom. The molecule has 0 radical (unpaired) electrons. The molecule has 10 nitrogen and oxygen atoms in total. The van der Waals surface area contributed by atoms with Crippen molar-refractivity contribution < 1.29 is 34.1 Å². The second-order valence-corrected chi connectivity index (χ2v) is 10.9. The van der Waals surface area contributed by atoms with Crippen LogP contribution in [0.3, 0.4) is 0 Å². The molecule has 2 N–H and O–H groups in total. The topological polar surface area (TPSA) is 120 Å². The smallest absolute Gasteiger partial charge is 0.310 e. The van der Waals surface area contributed by atoms with Crippen molar-refractivity contribution in [3.63, 3.8) is 0 Å². The summed E-state index contributed by atoms with van der Waals surface area (Å²) >= 11 is 0. The van der Waals surface area contributed by atoms with Crippen LogP contribution >= 0.6 is 0 Å². The molecule has 0 saturated carbocycles. The van der Waals surface area contributed by atoms with E-state index in [1.807, 2.05) is 18.2 Å². The van der Waals surface area contributed by atoms with E-state index >= 15 is 0 Å².